The third kappa shape index (κ3) is 2.43. The Hall–Kier alpha value is -0.890. The van der Waals surface area contributed by atoms with Crippen molar-refractivity contribution in [3.63, 3.8) is 0 Å². The van der Waals surface area contributed by atoms with E-state index in [1.807, 2.05) is 12.4 Å². The minimum atomic E-state index is 0.778. The van der Waals surface area contributed by atoms with Crippen LogP contribution in [0.1, 0.15) is 50.0 Å². The van der Waals surface area contributed by atoms with E-state index >= 15 is 0 Å². The number of pyridine rings is 1. The SMILES string of the molecule is c1cc(C2CCC(NC3CC3)CC2)ccn1. The molecule has 0 aliphatic heterocycles. The molecule has 16 heavy (non-hydrogen) atoms. The van der Waals surface area contributed by atoms with Gasteiger partial charge < -0.3 is 5.32 Å². The van der Waals surface area contributed by atoms with Gasteiger partial charge in [-0.2, -0.15) is 0 Å². The Morgan fingerprint density at radius 1 is 0.875 bits per heavy atom. The first-order valence-electron chi connectivity index (χ1n) is 6.58. The van der Waals surface area contributed by atoms with E-state index < -0.39 is 0 Å². The van der Waals surface area contributed by atoms with Gasteiger partial charge >= 0.3 is 0 Å². The summed E-state index contributed by atoms with van der Waals surface area (Å²) in [5.74, 6) is 0.778. The molecule has 0 unspecified atom stereocenters. The van der Waals surface area contributed by atoms with Crippen LogP contribution >= 0.6 is 0 Å². The van der Waals surface area contributed by atoms with E-state index in [2.05, 4.69) is 22.4 Å². The van der Waals surface area contributed by atoms with Crippen molar-refractivity contribution in [2.24, 2.45) is 0 Å². The van der Waals surface area contributed by atoms with Gasteiger partial charge in [0.2, 0.25) is 0 Å². The predicted octanol–water partition coefficient (Wildman–Crippen LogP) is 2.86. The Morgan fingerprint density at radius 3 is 2.00 bits per heavy atom. The van der Waals surface area contributed by atoms with Crippen LogP contribution in [0.5, 0.6) is 0 Å². The topological polar surface area (TPSA) is 24.9 Å². The van der Waals surface area contributed by atoms with E-state index in [0.717, 1.165) is 18.0 Å². The molecule has 86 valence electrons. The van der Waals surface area contributed by atoms with Crippen LogP contribution in [0.15, 0.2) is 24.5 Å². The molecule has 0 saturated heterocycles. The molecular formula is C14H20N2. The van der Waals surface area contributed by atoms with E-state index in [9.17, 15) is 0 Å². The van der Waals surface area contributed by atoms with Crippen molar-refractivity contribution < 1.29 is 0 Å². The predicted molar refractivity (Wildman–Crippen MR) is 65.4 cm³/mol. The first kappa shape index (κ1) is 10.3. The van der Waals surface area contributed by atoms with Crippen molar-refractivity contribution >= 4 is 0 Å². The van der Waals surface area contributed by atoms with Crippen LogP contribution in [0.2, 0.25) is 0 Å². The zero-order valence-electron chi connectivity index (χ0n) is 9.73. The molecule has 1 aromatic heterocycles. The monoisotopic (exact) mass is 216 g/mol. The molecule has 0 spiro atoms. The maximum Gasteiger partial charge on any atom is 0.0270 e. The van der Waals surface area contributed by atoms with Crippen molar-refractivity contribution in [3.8, 4) is 0 Å². The third-order valence-corrected chi connectivity index (χ3v) is 3.95. The summed E-state index contributed by atoms with van der Waals surface area (Å²) in [6, 6.07) is 6.02. The molecule has 2 saturated carbocycles. The van der Waals surface area contributed by atoms with Crippen molar-refractivity contribution in [2.45, 2.75) is 56.5 Å². The molecular weight excluding hydrogens is 196 g/mol. The highest BCUT2D eigenvalue weighted by atomic mass is 15.0. The van der Waals surface area contributed by atoms with Crippen molar-refractivity contribution in [1.29, 1.82) is 0 Å². The van der Waals surface area contributed by atoms with E-state index in [1.165, 1.54) is 44.1 Å². The Balaban J connectivity index is 1.53. The fourth-order valence-corrected chi connectivity index (χ4v) is 2.81. The second kappa shape index (κ2) is 4.54. The van der Waals surface area contributed by atoms with Gasteiger partial charge in [0.15, 0.2) is 0 Å². The lowest BCUT2D eigenvalue weighted by Gasteiger charge is -2.29. The Bertz CT molecular complexity index is 324. The molecule has 0 radical (unpaired) electrons. The van der Waals surface area contributed by atoms with Gasteiger partial charge in [0.05, 0.1) is 0 Å². The van der Waals surface area contributed by atoms with Crippen LogP contribution in [0, 0.1) is 0 Å². The number of aromatic nitrogens is 1. The zero-order valence-corrected chi connectivity index (χ0v) is 9.73. The number of hydrogen-bond acceptors (Lipinski definition) is 2. The normalized spacial score (nSPS) is 30.2. The molecule has 3 rings (SSSR count). The lowest BCUT2D eigenvalue weighted by molar-refractivity contribution is 0.341. The van der Waals surface area contributed by atoms with Crippen molar-refractivity contribution in [1.82, 2.24) is 10.3 Å². The van der Waals surface area contributed by atoms with Crippen LogP contribution < -0.4 is 5.32 Å². The van der Waals surface area contributed by atoms with Gasteiger partial charge in [0.25, 0.3) is 0 Å². The molecule has 2 nitrogen and oxygen atoms in total. The molecule has 0 aromatic carbocycles. The molecule has 0 atom stereocenters. The largest absolute Gasteiger partial charge is 0.311 e. The summed E-state index contributed by atoms with van der Waals surface area (Å²) in [7, 11) is 0. The second-order valence-corrected chi connectivity index (χ2v) is 5.27. The molecule has 1 N–H and O–H groups in total. The van der Waals surface area contributed by atoms with Gasteiger partial charge in [-0.15, -0.1) is 0 Å². The molecule has 1 aromatic rings. The maximum absolute atomic E-state index is 4.09. The molecule has 2 fully saturated rings. The number of nitrogens with zero attached hydrogens (tertiary/aromatic N) is 1. The number of hydrogen-bond donors (Lipinski definition) is 1. The van der Waals surface area contributed by atoms with Crippen LogP contribution in [0.3, 0.4) is 0 Å². The van der Waals surface area contributed by atoms with E-state index in [1.54, 1.807) is 0 Å². The second-order valence-electron chi connectivity index (χ2n) is 5.27. The summed E-state index contributed by atoms with van der Waals surface area (Å²) in [5.41, 5.74) is 1.49. The van der Waals surface area contributed by atoms with E-state index in [0.29, 0.717) is 0 Å². The Kier molecular flexibility index (Phi) is 2.92. The van der Waals surface area contributed by atoms with Crippen LogP contribution in [0.4, 0.5) is 0 Å². The lowest BCUT2D eigenvalue weighted by atomic mass is 9.82. The van der Waals surface area contributed by atoms with Gasteiger partial charge in [0, 0.05) is 24.5 Å². The van der Waals surface area contributed by atoms with Gasteiger partial charge in [-0.25, -0.2) is 0 Å². The first-order chi connectivity index (χ1) is 7.92. The molecule has 2 heteroatoms. The third-order valence-electron chi connectivity index (χ3n) is 3.95. The maximum atomic E-state index is 4.09. The first-order valence-corrected chi connectivity index (χ1v) is 6.58. The summed E-state index contributed by atoms with van der Waals surface area (Å²) < 4.78 is 0. The summed E-state index contributed by atoms with van der Waals surface area (Å²) in [6.07, 6.45) is 12.0. The van der Waals surface area contributed by atoms with Gasteiger partial charge in [-0.3, -0.25) is 4.98 Å². The summed E-state index contributed by atoms with van der Waals surface area (Å²) in [4.78, 5) is 4.09. The van der Waals surface area contributed by atoms with Gasteiger partial charge in [-0.05, 0) is 62.1 Å². The van der Waals surface area contributed by atoms with Crippen LogP contribution in [-0.4, -0.2) is 17.1 Å². The van der Waals surface area contributed by atoms with E-state index in [4.69, 9.17) is 0 Å². The van der Waals surface area contributed by atoms with Crippen LogP contribution in [-0.2, 0) is 0 Å². The lowest BCUT2D eigenvalue weighted by Crippen LogP contribution is -2.34. The van der Waals surface area contributed by atoms with Gasteiger partial charge in [-0.1, -0.05) is 0 Å². The Labute approximate surface area is 97.5 Å². The molecule has 1 heterocycles. The fourth-order valence-electron chi connectivity index (χ4n) is 2.81. The summed E-state index contributed by atoms with van der Waals surface area (Å²) in [5, 5.41) is 3.75. The minimum absolute atomic E-state index is 0.778. The average molecular weight is 216 g/mol. The smallest absolute Gasteiger partial charge is 0.0270 e. The minimum Gasteiger partial charge on any atom is -0.311 e. The van der Waals surface area contributed by atoms with E-state index in [-0.39, 0.29) is 0 Å². The highest BCUT2D eigenvalue weighted by Crippen LogP contribution is 2.33. The quantitative estimate of drug-likeness (QED) is 0.840. The summed E-state index contributed by atoms with van der Waals surface area (Å²) in [6.45, 7) is 0. The molecule has 2 aliphatic carbocycles. The fraction of sp³-hybridized carbons (Fsp3) is 0.643. The van der Waals surface area contributed by atoms with Crippen LogP contribution in [0.25, 0.3) is 0 Å². The highest BCUT2D eigenvalue weighted by molar-refractivity contribution is 5.16. The molecule has 0 amide bonds. The van der Waals surface area contributed by atoms with Crippen molar-refractivity contribution in [2.75, 3.05) is 0 Å². The number of rotatable bonds is 3. The standard InChI is InChI=1S/C14H20N2/c1-3-13(16-14-5-6-14)4-2-11(1)12-7-9-15-10-8-12/h7-11,13-14,16H,1-6H2. The van der Waals surface area contributed by atoms with Crippen molar-refractivity contribution in [3.05, 3.63) is 30.1 Å². The zero-order chi connectivity index (χ0) is 10.8. The Morgan fingerprint density at radius 2 is 1.44 bits per heavy atom. The summed E-state index contributed by atoms with van der Waals surface area (Å²) >= 11 is 0. The average Bonchev–Trinajstić information content (AvgIpc) is 3.15. The van der Waals surface area contributed by atoms with Gasteiger partial charge in [0.1, 0.15) is 0 Å². The molecule has 0 bridgehead atoms. The molecule has 2 aliphatic rings. The number of nitrogens with one attached hydrogen (secondary N) is 1. The highest BCUT2D eigenvalue weighted by Gasteiger charge is 2.28.